The van der Waals surface area contributed by atoms with E-state index in [4.69, 9.17) is 9.84 Å². The van der Waals surface area contributed by atoms with Gasteiger partial charge in [-0.2, -0.15) is 5.26 Å². The summed E-state index contributed by atoms with van der Waals surface area (Å²) in [6.07, 6.45) is 0. The van der Waals surface area contributed by atoms with Gasteiger partial charge in [-0.05, 0) is 59.2 Å². The molecule has 33 heavy (non-hydrogen) atoms. The molecule has 0 aliphatic carbocycles. The molecule has 4 rings (SSSR count). The molecule has 0 spiro atoms. The van der Waals surface area contributed by atoms with Gasteiger partial charge in [-0.25, -0.2) is 13.1 Å². The van der Waals surface area contributed by atoms with E-state index in [1.807, 2.05) is 12.1 Å². The fourth-order valence-corrected chi connectivity index (χ4v) is 6.02. The maximum absolute atomic E-state index is 12.4. The molecule has 0 bridgehead atoms. The topological polar surface area (TPSA) is 103 Å². The first-order valence-corrected chi connectivity index (χ1v) is 12.9. The first-order valence-electron chi connectivity index (χ1n) is 10.6. The van der Waals surface area contributed by atoms with Crippen LogP contribution in [0.4, 0.5) is 5.69 Å². The molecule has 0 amide bonds. The number of nitrogens with one attached hydrogen (secondary N) is 1. The maximum atomic E-state index is 12.4. The summed E-state index contributed by atoms with van der Waals surface area (Å²) in [4.78, 5) is 3.69. The zero-order valence-electron chi connectivity index (χ0n) is 18.2. The van der Waals surface area contributed by atoms with E-state index in [9.17, 15) is 13.7 Å². The van der Waals surface area contributed by atoms with Crippen molar-refractivity contribution < 1.29 is 18.3 Å². The summed E-state index contributed by atoms with van der Waals surface area (Å²) in [5.41, 5.74) is 2.61. The fraction of sp³-hybridized carbons (Fsp3) is 0.292. The Hall–Kier alpha value is -2.74. The Balaban J connectivity index is 1.62. The van der Waals surface area contributed by atoms with Crippen molar-refractivity contribution in [2.75, 3.05) is 44.4 Å². The third-order valence-electron chi connectivity index (χ3n) is 5.57. The van der Waals surface area contributed by atoms with E-state index in [0.717, 1.165) is 47.5 Å². The molecule has 2 heterocycles. The van der Waals surface area contributed by atoms with Crippen molar-refractivity contribution in [2.24, 2.45) is 0 Å². The van der Waals surface area contributed by atoms with Crippen molar-refractivity contribution in [3.8, 4) is 16.5 Å². The van der Waals surface area contributed by atoms with Crippen molar-refractivity contribution in [2.45, 2.75) is 6.92 Å². The van der Waals surface area contributed by atoms with E-state index < -0.39 is 10.0 Å². The van der Waals surface area contributed by atoms with Crippen LogP contribution >= 0.6 is 11.3 Å². The van der Waals surface area contributed by atoms with Crippen molar-refractivity contribution in [3.63, 3.8) is 0 Å². The fourth-order valence-electron chi connectivity index (χ4n) is 3.81. The number of nitriles is 1. The van der Waals surface area contributed by atoms with Gasteiger partial charge in [0.05, 0.1) is 19.8 Å². The van der Waals surface area contributed by atoms with E-state index >= 15 is 0 Å². The van der Waals surface area contributed by atoms with E-state index in [2.05, 4.69) is 46.0 Å². The Morgan fingerprint density at radius 3 is 2.61 bits per heavy atom. The number of ether oxygens (including phenoxy) is 1. The van der Waals surface area contributed by atoms with Crippen LogP contribution in [0.15, 0.2) is 53.4 Å². The summed E-state index contributed by atoms with van der Waals surface area (Å²) in [6.45, 7) is 4.43. The van der Waals surface area contributed by atoms with E-state index in [0.29, 0.717) is 10.5 Å². The summed E-state index contributed by atoms with van der Waals surface area (Å²) < 4.78 is 32.5. The van der Waals surface area contributed by atoms with Crippen LogP contribution in [-0.2, 0) is 14.8 Å². The van der Waals surface area contributed by atoms with E-state index in [-0.39, 0.29) is 18.1 Å². The predicted molar refractivity (Wildman–Crippen MR) is 133 cm³/mol. The standard InChI is InChI=1S/C24H25N3O4S2/c1-17(24(16-25)33(29,30)26-8-11-28)22-6-7-23(32-22)20-3-2-19-15-21(5-4-18(19)14-20)27-9-12-31-13-10-27/h2-7,14-15,26,28H,8-13H2,1H3/b24-17+. The second-order valence-electron chi connectivity index (χ2n) is 7.70. The zero-order chi connectivity index (χ0) is 23.4. The summed E-state index contributed by atoms with van der Waals surface area (Å²) in [5, 5.41) is 20.6. The Morgan fingerprint density at radius 2 is 1.88 bits per heavy atom. The molecule has 172 valence electrons. The summed E-state index contributed by atoms with van der Waals surface area (Å²) in [5.74, 6) is 0. The minimum Gasteiger partial charge on any atom is -0.395 e. The number of anilines is 1. The second kappa shape index (κ2) is 10.0. The summed E-state index contributed by atoms with van der Waals surface area (Å²) in [7, 11) is -3.98. The van der Waals surface area contributed by atoms with Crippen LogP contribution in [0.3, 0.4) is 0 Å². The van der Waals surface area contributed by atoms with Gasteiger partial charge in [0.25, 0.3) is 10.0 Å². The number of hydrogen-bond acceptors (Lipinski definition) is 7. The number of aliphatic hydroxyl groups is 1. The summed E-state index contributed by atoms with van der Waals surface area (Å²) in [6, 6.07) is 18.3. The van der Waals surface area contributed by atoms with Crippen LogP contribution < -0.4 is 9.62 Å². The number of thiophene rings is 1. The minimum absolute atomic E-state index is 0.138. The Kier molecular flexibility index (Phi) is 7.12. The second-order valence-corrected chi connectivity index (χ2v) is 10.5. The minimum atomic E-state index is -3.98. The number of morpholine rings is 1. The largest absolute Gasteiger partial charge is 0.395 e. The number of benzene rings is 2. The lowest BCUT2D eigenvalue weighted by atomic mass is 10.0. The van der Waals surface area contributed by atoms with Gasteiger partial charge in [0.2, 0.25) is 0 Å². The van der Waals surface area contributed by atoms with Crippen LogP contribution in [0.1, 0.15) is 11.8 Å². The summed E-state index contributed by atoms with van der Waals surface area (Å²) >= 11 is 1.44. The highest BCUT2D eigenvalue weighted by Crippen LogP contribution is 2.35. The molecule has 0 radical (unpaired) electrons. The van der Waals surface area contributed by atoms with Crippen molar-refractivity contribution in [1.82, 2.24) is 4.72 Å². The van der Waals surface area contributed by atoms with Crippen LogP contribution in [-0.4, -0.2) is 53.0 Å². The third kappa shape index (κ3) is 5.11. The zero-order valence-corrected chi connectivity index (χ0v) is 19.9. The lowest BCUT2D eigenvalue weighted by Crippen LogP contribution is -2.36. The van der Waals surface area contributed by atoms with Gasteiger partial charge in [-0.1, -0.05) is 18.2 Å². The van der Waals surface area contributed by atoms with Crippen LogP contribution in [0.5, 0.6) is 0 Å². The van der Waals surface area contributed by atoms with Crippen molar-refractivity contribution in [1.29, 1.82) is 5.26 Å². The smallest absolute Gasteiger partial charge is 0.251 e. The van der Waals surface area contributed by atoms with Gasteiger partial charge in [0.15, 0.2) is 4.91 Å². The monoisotopic (exact) mass is 483 g/mol. The molecule has 1 saturated heterocycles. The molecule has 0 atom stereocenters. The number of sulfonamides is 1. The predicted octanol–water partition coefficient (Wildman–Crippen LogP) is 3.57. The molecular formula is C24H25N3O4S2. The lowest BCUT2D eigenvalue weighted by molar-refractivity contribution is 0.122. The number of hydrogen-bond donors (Lipinski definition) is 2. The molecular weight excluding hydrogens is 458 g/mol. The Bertz CT molecular complexity index is 1330. The SMILES string of the molecule is C/C(=C(/C#N)S(=O)(=O)NCCO)c1ccc(-c2ccc3cc(N4CCOCC4)ccc3c2)s1. The van der Waals surface area contributed by atoms with Crippen molar-refractivity contribution >= 4 is 43.4 Å². The molecule has 7 nitrogen and oxygen atoms in total. The lowest BCUT2D eigenvalue weighted by Gasteiger charge is -2.29. The number of allylic oxidation sites excluding steroid dienone is 2. The quantitative estimate of drug-likeness (QED) is 0.498. The van der Waals surface area contributed by atoms with Gasteiger partial charge in [-0.3, -0.25) is 0 Å². The molecule has 1 fully saturated rings. The molecule has 1 aliphatic rings. The van der Waals surface area contributed by atoms with Crippen LogP contribution in [0.25, 0.3) is 26.8 Å². The first-order chi connectivity index (χ1) is 15.9. The first kappa shape index (κ1) is 23.4. The van der Waals surface area contributed by atoms with Gasteiger partial charge in [-0.15, -0.1) is 11.3 Å². The normalized spacial score (nSPS) is 15.4. The average Bonchev–Trinajstić information content (AvgIpc) is 3.33. The van der Waals surface area contributed by atoms with Gasteiger partial charge in [0, 0.05) is 35.1 Å². The van der Waals surface area contributed by atoms with E-state index in [1.165, 1.54) is 17.0 Å². The third-order valence-corrected chi connectivity index (χ3v) is 8.35. The van der Waals surface area contributed by atoms with E-state index in [1.54, 1.807) is 13.0 Å². The maximum Gasteiger partial charge on any atom is 0.251 e. The van der Waals surface area contributed by atoms with Crippen LogP contribution in [0.2, 0.25) is 0 Å². The number of aliphatic hydroxyl groups excluding tert-OH is 1. The number of rotatable bonds is 7. The molecule has 0 saturated carbocycles. The molecule has 1 aliphatic heterocycles. The number of nitrogens with zero attached hydrogens (tertiary/aromatic N) is 2. The molecule has 2 aromatic carbocycles. The molecule has 2 N–H and O–H groups in total. The molecule has 0 unspecified atom stereocenters. The highest BCUT2D eigenvalue weighted by atomic mass is 32.2. The Labute approximate surface area is 197 Å². The van der Waals surface area contributed by atoms with Crippen LogP contribution in [0, 0.1) is 11.3 Å². The Morgan fingerprint density at radius 1 is 1.15 bits per heavy atom. The molecule has 1 aromatic heterocycles. The van der Waals surface area contributed by atoms with Gasteiger partial charge in [0.1, 0.15) is 6.07 Å². The molecule has 3 aromatic rings. The van der Waals surface area contributed by atoms with Crippen molar-refractivity contribution in [3.05, 3.63) is 58.3 Å². The van der Waals surface area contributed by atoms with Gasteiger partial charge >= 0.3 is 0 Å². The highest BCUT2D eigenvalue weighted by Gasteiger charge is 2.21. The van der Waals surface area contributed by atoms with Gasteiger partial charge < -0.3 is 14.7 Å². The highest BCUT2D eigenvalue weighted by molar-refractivity contribution is 7.93. The molecule has 9 heteroatoms. The number of fused-ring (bicyclic) bond motifs is 1. The average molecular weight is 484 g/mol.